The van der Waals surface area contributed by atoms with Crippen molar-refractivity contribution in [2.45, 2.75) is 64.2 Å². The van der Waals surface area contributed by atoms with Crippen molar-refractivity contribution in [1.29, 1.82) is 0 Å². The molecule has 0 aromatic carbocycles. The Kier molecular flexibility index (Phi) is 6.36. The molecule has 1 N–H and O–H groups in total. The van der Waals surface area contributed by atoms with Crippen LogP contribution in [0.5, 0.6) is 0 Å². The molecule has 3 nitrogen and oxygen atoms in total. The average molecular weight is 315 g/mol. The van der Waals surface area contributed by atoms with E-state index in [4.69, 9.17) is 0 Å². The third-order valence-corrected chi connectivity index (χ3v) is 6.00. The minimum atomic E-state index is 0. The molecule has 3 fully saturated rings. The maximum absolute atomic E-state index is 12.4. The summed E-state index contributed by atoms with van der Waals surface area (Å²) in [4.78, 5) is 14.5. The summed E-state index contributed by atoms with van der Waals surface area (Å²) < 4.78 is 0. The first-order chi connectivity index (χ1) is 9.77. The molecular formula is C17H31ClN2O. The van der Waals surface area contributed by atoms with Crippen LogP contribution in [0.2, 0.25) is 0 Å². The molecule has 1 amide bonds. The highest BCUT2D eigenvalue weighted by atomic mass is 35.5. The summed E-state index contributed by atoms with van der Waals surface area (Å²) in [6.07, 6.45) is 12.6. The van der Waals surface area contributed by atoms with E-state index in [9.17, 15) is 4.79 Å². The van der Waals surface area contributed by atoms with Gasteiger partial charge in [0.05, 0.1) is 0 Å². The van der Waals surface area contributed by atoms with Crippen LogP contribution in [0.4, 0.5) is 0 Å². The van der Waals surface area contributed by atoms with Crippen molar-refractivity contribution in [1.82, 2.24) is 10.2 Å². The average Bonchev–Trinajstić information content (AvgIpc) is 2.95. The van der Waals surface area contributed by atoms with Gasteiger partial charge in [-0.3, -0.25) is 4.79 Å². The Balaban J connectivity index is 0.00000161. The fourth-order valence-electron chi connectivity index (χ4n) is 4.41. The van der Waals surface area contributed by atoms with Crippen molar-refractivity contribution >= 4 is 18.3 Å². The molecule has 0 bridgehead atoms. The Morgan fingerprint density at radius 1 is 1.10 bits per heavy atom. The van der Waals surface area contributed by atoms with Gasteiger partial charge in [-0.15, -0.1) is 12.4 Å². The summed E-state index contributed by atoms with van der Waals surface area (Å²) in [5, 5.41) is 3.49. The zero-order valence-corrected chi connectivity index (χ0v) is 14.1. The van der Waals surface area contributed by atoms with Crippen molar-refractivity contribution in [2.75, 3.05) is 26.2 Å². The largest absolute Gasteiger partial charge is 0.343 e. The number of hydrogen-bond donors (Lipinski definition) is 1. The van der Waals surface area contributed by atoms with Crippen LogP contribution in [0.1, 0.15) is 64.2 Å². The predicted octanol–water partition coefficient (Wildman–Crippen LogP) is 3.37. The van der Waals surface area contributed by atoms with Crippen LogP contribution in [-0.2, 0) is 4.79 Å². The Morgan fingerprint density at radius 2 is 1.81 bits per heavy atom. The van der Waals surface area contributed by atoms with Gasteiger partial charge in [0.15, 0.2) is 0 Å². The molecule has 21 heavy (non-hydrogen) atoms. The Morgan fingerprint density at radius 3 is 2.43 bits per heavy atom. The molecule has 2 aliphatic heterocycles. The lowest BCUT2D eigenvalue weighted by atomic mass is 9.77. The van der Waals surface area contributed by atoms with Crippen molar-refractivity contribution in [3.05, 3.63) is 0 Å². The molecule has 1 saturated carbocycles. The molecule has 0 atom stereocenters. The molecule has 3 rings (SSSR count). The quantitative estimate of drug-likeness (QED) is 0.866. The van der Waals surface area contributed by atoms with Gasteiger partial charge in [0.1, 0.15) is 0 Å². The van der Waals surface area contributed by atoms with Gasteiger partial charge in [0, 0.05) is 26.1 Å². The number of amides is 1. The van der Waals surface area contributed by atoms with Gasteiger partial charge >= 0.3 is 0 Å². The molecule has 1 aliphatic carbocycles. The van der Waals surface area contributed by atoms with E-state index in [0.717, 1.165) is 31.8 Å². The monoisotopic (exact) mass is 314 g/mol. The Labute approximate surface area is 135 Å². The highest BCUT2D eigenvalue weighted by Gasteiger charge is 2.37. The van der Waals surface area contributed by atoms with Gasteiger partial charge in [-0.1, -0.05) is 32.1 Å². The highest BCUT2D eigenvalue weighted by Crippen LogP contribution is 2.37. The number of likely N-dealkylation sites (tertiary alicyclic amines) is 1. The van der Waals surface area contributed by atoms with Gasteiger partial charge in [-0.25, -0.2) is 0 Å². The summed E-state index contributed by atoms with van der Waals surface area (Å²) in [6, 6.07) is 0. The van der Waals surface area contributed by atoms with Crippen molar-refractivity contribution in [2.24, 2.45) is 11.3 Å². The number of rotatable bonds is 3. The summed E-state index contributed by atoms with van der Waals surface area (Å²) in [5.74, 6) is 1.26. The lowest BCUT2D eigenvalue weighted by molar-refractivity contribution is -0.133. The fourth-order valence-corrected chi connectivity index (χ4v) is 4.41. The summed E-state index contributed by atoms with van der Waals surface area (Å²) >= 11 is 0. The number of nitrogens with zero attached hydrogens (tertiary/aromatic N) is 1. The van der Waals surface area contributed by atoms with E-state index in [1.807, 2.05) is 0 Å². The standard InChI is InChI=1S/C17H30N2O.ClH/c20-16(7-6-15-4-2-1-3-5-15)19-12-9-17(10-13-19)8-11-18-14-17;/h15,18H,1-14H2;1H. The Hall–Kier alpha value is -0.280. The zero-order valence-electron chi connectivity index (χ0n) is 13.2. The Bertz CT molecular complexity index is 326. The van der Waals surface area contributed by atoms with Crippen molar-refractivity contribution in [3.63, 3.8) is 0 Å². The molecule has 3 aliphatic rings. The van der Waals surface area contributed by atoms with Gasteiger partial charge in [0.2, 0.25) is 5.91 Å². The predicted molar refractivity (Wildman–Crippen MR) is 88.8 cm³/mol. The molecule has 4 heteroatoms. The van der Waals surface area contributed by atoms with E-state index in [2.05, 4.69) is 10.2 Å². The van der Waals surface area contributed by atoms with Crippen LogP contribution in [-0.4, -0.2) is 37.0 Å². The van der Waals surface area contributed by atoms with E-state index < -0.39 is 0 Å². The third kappa shape index (κ3) is 4.35. The lowest BCUT2D eigenvalue weighted by Crippen LogP contribution is -2.44. The van der Waals surface area contributed by atoms with Gasteiger partial charge in [0.25, 0.3) is 0 Å². The van der Waals surface area contributed by atoms with Crippen molar-refractivity contribution < 1.29 is 4.79 Å². The molecule has 0 aromatic heterocycles. The van der Waals surface area contributed by atoms with Crippen LogP contribution >= 0.6 is 12.4 Å². The molecule has 122 valence electrons. The minimum Gasteiger partial charge on any atom is -0.343 e. The molecule has 2 saturated heterocycles. The van der Waals surface area contributed by atoms with Crippen molar-refractivity contribution in [3.8, 4) is 0 Å². The minimum absolute atomic E-state index is 0. The molecular weight excluding hydrogens is 284 g/mol. The van der Waals surface area contributed by atoms with Crippen LogP contribution in [0.15, 0.2) is 0 Å². The molecule has 0 aromatic rings. The first-order valence-corrected chi connectivity index (χ1v) is 8.76. The number of halogens is 1. The van der Waals surface area contributed by atoms with Gasteiger partial charge in [-0.2, -0.15) is 0 Å². The number of carbonyl (C=O) groups is 1. The lowest BCUT2D eigenvalue weighted by Gasteiger charge is -2.39. The zero-order chi connectivity index (χ0) is 13.8. The summed E-state index contributed by atoms with van der Waals surface area (Å²) in [6.45, 7) is 4.36. The number of piperidine rings is 1. The second kappa shape index (κ2) is 7.82. The third-order valence-electron chi connectivity index (χ3n) is 6.00. The topological polar surface area (TPSA) is 32.3 Å². The van der Waals surface area contributed by atoms with Crippen LogP contribution < -0.4 is 5.32 Å². The normalized spacial score (nSPS) is 25.8. The van der Waals surface area contributed by atoms with Crippen LogP contribution in [0.25, 0.3) is 0 Å². The SMILES string of the molecule is Cl.O=C(CCC1CCCCC1)N1CCC2(CCNC2)CC1. The van der Waals surface area contributed by atoms with Gasteiger partial charge in [-0.05, 0) is 43.6 Å². The second-order valence-corrected chi connectivity index (χ2v) is 7.35. The maximum atomic E-state index is 12.4. The van der Waals surface area contributed by atoms with E-state index in [1.54, 1.807) is 0 Å². The van der Waals surface area contributed by atoms with E-state index >= 15 is 0 Å². The first kappa shape index (κ1) is 17.1. The summed E-state index contributed by atoms with van der Waals surface area (Å²) in [5.41, 5.74) is 0.528. The van der Waals surface area contributed by atoms with Gasteiger partial charge < -0.3 is 10.2 Å². The smallest absolute Gasteiger partial charge is 0.222 e. The highest BCUT2D eigenvalue weighted by molar-refractivity contribution is 5.85. The molecule has 0 unspecified atom stereocenters. The second-order valence-electron chi connectivity index (χ2n) is 7.35. The first-order valence-electron chi connectivity index (χ1n) is 8.76. The van der Waals surface area contributed by atoms with E-state index in [0.29, 0.717) is 11.3 Å². The molecule has 1 spiro atoms. The van der Waals surface area contributed by atoms with Crippen LogP contribution in [0.3, 0.4) is 0 Å². The summed E-state index contributed by atoms with van der Waals surface area (Å²) in [7, 11) is 0. The van der Waals surface area contributed by atoms with E-state index in [1.165, 1.54) is 64.5 Å². The molecule has 2 heterocycles. The fraction of sp³-hybridized carbons (Fsp3) is 0.941. The number of hydrogen-bond acceptors (Lipinski definition) is 2. The maximum Gasteiger partial charge on any atom is 0.222 e. The molecule has 0 radical (unpaired) electrons. The van der Waals surface area contributed by atoms with Crippen LogP contribution in [0, 0.1) is 11.3 Å². The number of carbonyl (C=O) groups excluding carboxylic acids is 1. The number of nitrogens with one attached hydrogen (secondary N) is 1. The van der Waals surface area contributed by atoms with E-state index in [-0.39, 0.29) is 12.4 Å².